The number of nitrogens with zero attached hydrogens (tertiary/aromatic N) is 4. The van der Waals surface area contributed by atoms with Crippen LogP contribution in [0.5, 0.6) is 5.75 Å². The minimum Gasteiger partial charge on any atom is -0.489 e. The maximum absolute atomic E-state index is 12.9. The second-order valence-corrected chi connectivity index (χ2v) is 11.8. The summed E-state index contributed by atoms with van der Waals surface area (Å²) < 4.78 is 31.8. The Morgan fingerprint density at radius 2 is 1.86 bits per heavy atom. The molecule has 0 spiro atoms. The van der Waals surface area contributed by atoms with Crippen molar-refractivity contribution in [1.29, 1.82) is 0 Å². The zero-order valence-corrected chi connectivity index (χ0v) is 22.6. The van der Waals surface area contributed by atoms with Crippen molar-refractivity contribution in [2.75, 3.05) is 28.6 Å². The maximum Gasteiger partial charge on any atom is 0.229 e. The topological polar surface area (TPSA) is 121 Å². The van der Waals surface area contributed by atoms with E-state index in [0.29, 0.717) is 17.1 Å². The van der Waals surface area contributed by atoms with E-state index in [2.05, 4.69) is 31.1 Å². The zero-order valence-electron chi connectivity index (χ0n) is 21.1. The molecule has 0 unspecified atom stereocenters. The molecule has 1 aliphatic heterocycles. The molecule has 196 valence electrons. The number of para-hydroxylation sites is 1. The Balaban J connectivity index is 1.64. The molecular weight excluding hydrogens is 514 g/mol. The molecule has 0 radical (unpaired) electrons. The summed E-state index contributed by atoms with van der Waals surface area (Å²) in [6, 6.07) is 12.4. The van der Waals surface area contributed by atoms with Gasteiger partial charge in [0.05, 0.1) is 40.4 Å². The molecule has 1 aliphatic rings. The largest absolute Gasteiger partial charge is 0.489 e. The van der Waals surface area contributed by atoms with Gasteiger partial charge in [0.25, 0.3) is 0 Å². The molecule has 1 aromatic heterocycles. The highest BCUT2D eigenvalue weighted by Crippen LogP contribution is 2.34. The highest BCUT2D eigenvalue weighted by molar-refractivity contribution is 7.92. The molecule has 3 N–H and O–H groups in total. The number of benzene rings is 2. The number of aromatic nitrogens is 2. The molecule has 2 heterocycles. The van der Waals surface area contributed by atoms with Crippen LogP contribution in [0.3, 0.4) is 0 Å². The Hall–Kier alpha value is -3.57. The predicted octanol–water partition coefficient (Wildman–Crippen LogP) is 4.94. The van der Waals surface area contributed by atoms with Crippen LogP contribution >= 0.6 is 11.6 Å². The lowest BCUT2D eigenvalue weighted by molar-refractivity contribution is 0.244. The van der Waals surface area contributed by atoms with Crippen molar-refractivity contribution in [1.82, 2.24) is 15.4 Å². The first-order valence-corrected chi connectivity index (χ1v) is 13.8. The molecule has 0 aliphatic carbocycles. The van der Waals surface area contributed by atoms with E-state index in [1.807, 2.05) is 36.9 Å². The molecule has 10 nitrogen and oxygen atoms in total. The van der Waals surface area contributed by atoms with E-state index in [4.69, 9.17) is 16.3 Å². The summed E-state index contributed by atoms with van der Waals surface area (Å²) in [4.78, 5) is 11.0. The Morgan fingerprint density at radius 3 is 2.57 bits per heavy atom. The lowest BCUT2D eigenvalue weighted by Crippen LogP contribution is -2.34. The van der Waals surface area contributed by atoms with Gasteiger partial charge in [-0.25, -0.2) is 13.4 Å². The molecule has 0 saturated heterocycles. The number of hydrogen-bond acceptors (Lipinski definition) is 10. The van der Waals surface area contributed by atoms with Crippen LogP contribution in [0.25, 0.3) is 0 Å². The van der Waals surface area contributed by atoms with Crippen LogP contribution in [0.4, 0.5) is 28.8 Å². The highest BCUT2D eigenvalue weighted by atomic mass is 35.5. The third-order valence-electron chi connectivity index (χ3n) is 5.47. The van der Waals surface area contributed by atoms with Gasteiger partial charge in [-0.3, -0.25) is 0 Å². The van der Waals surface area contributed by atoms with E-state index >= 15 is 0 Å². The highest BCUT2D eigenvalue weighted by Gasteiger charge is 2.23. The molecule has 0 atom stereocenters. The van der Waals surface area contributed by atoms with Gasteiger partial charge in [0.1, 0.15) is 17.1 Å². The number of hydrazone groups is 1. The fourth-order valence-corrected chi connectivity index (χ4v) is 4.92. The van der Waals surface area contributed by atoms with Crippen LogP contribution in [0.1, 0.15) is 27.7 Å². The number of nitrogens with one attached hydrogen (secondary N) is 3. The second kappa shape index (κ2) is 11.2. The minimum absolute atomic E-state index is 0.0599. The number of rotatable bonds is 9. The molecule has 0 bridgehead atoms. The fourth-order valence-electron chi connectivity index (χ4n) is 3.58. The molecule has 12 heteroatoms. The van der Waals surface area contributed by atoms with Crippen LogP contribution in [0, 0.1) is 0 Å². The molecular formula is C25H30ClN7O3S. The summed E-state index contributed by atoms with van der Waals surface area (Å²) >= 11 is 6.37. The van der Waals surface area contributed by atoms with Gasteiger partial charge in [0.2, 0.25) is 5.95 Å². The lowest BCUT2D eigenvalue weighted by atomic mass is 10.2. The number of ether oxygens (including phenoxy) is 1. The first kappa shape index (κ1) is 26.5. The number of anilines is 5. The summed E-state index contributed by atoms with van der Waals surface area (Å²) in [5.74, 6) is 1.16. The number of hydrogen-bond donors (Lipinski definition) is 3. The van der Waals surface area contributed by atoms with Gasteiger partial charge in [0, 0.05) is 18.3 Å². The molecule has 0 saturated carbocycles. The summed E-state index contributed by atoms with van der Waals surface area (Å²) in [7, 11) is -3.53. The van der Waals surface area contributed by atoms with Crippen molar-refractivity contribution in [2.45, 2.75) is 43.9 Å². The third kappa shape index (κ3) is 6.23. The first-order valence-electron chi connectivity index (χ1n) is 11.9. The molecule has 37 heavy (non-hydrogen) atoms. The molecule has 0 fully saturated rings. The van der Waals surface area contributed by atoms with Gasteiger partial charge in [-0.2, -0.15) is 10.1 Å². The van der Waals surface area contributed by atoms with Gasteiger partial charge in [-0.05, 0) is 52.0 Å². The Labute approximate surface area is 222 Å². The van der Waals surface area contributed by atoms with Crippen molar-refractivity contribution >= 4 is 56.6 Å². The molecule has 0 amide bonds. The molecule has 3 aromatic rings. The van der Waals surface area contributed by atoms with Gasteiger partial charge in [-0.1, -0.05) is 23.7 Å². The van der Waals surface area contributed by atoms with Crippen molar-refractivity contribution < 1.29 is 13.2 Å². The minimum atomic E-state index is -3.53. The molecule has 2 aromatic carbocycles. The lowest BCUT2D eigenvalue weighted by Gasteiger charge is -2.24. The SMILES string of the molecule is CC(C)Oc1cc(N2C=NNCC2)ccc1Nc1ncc(Cl)c(Nc2ccccc2S(=O)(=O)C(C)C)n1. The summed E-state index contributed by atoms with van der Waals surface area (Å²) in [5, 5.41) is 10.0. The van der Waals surface area contributed by atoms with Gasteiger partial charge < -0.3 is 25.7 Å². The summed E-state index contributed by atoms with van der Waals surface area (Å²) in [5.41, 5.74) is 4.93. The van der Waals surface area contributed by atoms with E-state index in [9.17, 15) is 8.42 Å². The van der Waals surface area contributed by atoms with Crippen LogP contribution in [0.15, 0.2) is 58.7 Å². The monoisotopic (exact) mass is 543 g/mol. The average Bonchev–Trinajstić information content (AvgIpc) is 2.87. The van der Waals surface area contributed by atoms with Crippen molar-refractivity contribution in [2.24, 2.45) is 5.10 Å². The smallest absolute Gasteiger partial charge is 0.229 e. The van der Waals surface area contributed by atoms with E-state index in [1.54, 1.807) is 44.5 Å². The van der Waals surface area contributed by atoms with Crippen molar-refractivity contribution in [3.63, 3.8) is 0 Å². The van der Waals surface area contributed by atoms with Crippen LogP contribution in [-0.4, -0.2) is 49.2 Å². The maximum atomic E-state index is 12.9. The number of halogens is 1. The van der Waals surface area contributed by atoms with Crippen molar-refractivity contribution in [3.8, 4) is 5.75 Å². The molecule has 4 rings (SSSR count). The normalized spacial score (nSPS) is 13.5. The Kier molecular flexibility index (Phi) is 8.03. The third-order valence-corrected chi connectivity index (χ3v) is 7.96. The Bertz CT molecular complexity index is 1400. The van der Waals surface area contributed by atoms with Gasteiger partial charge in [0.15, 0.2) is 15.7 Å². The fraction of sp³-hybridized carbons (Fsp3) is 0.320. The van der Waals surface area contributed by atoms with E-state index < -0.39 is 15.1 Å². The average molecular weight is 544 g/mol. The first-order chi connectivity index (χ1) is 17.6. The zero-order chi connectivity index (χ0) is 26.6. The summed E-state index contributed by atoms with van der Waals surface area (Å²) in [6.45, 7) is 8.71. The van der Waals surface area contributed by atoms with Crippen LogP contribution in [0.2, 0.25) is 5.02 Å². The predicted molar refractivity (Wildman–Crippen MR) is 148 cm³/mol. The second-order valence-electron chi connectivity index (χ2n) is 8.92. The standard InChI is InChI=1S/C25H30ClN7O3S/c1-16(2)36-22-13-18(33-12-11-28-29-15-33)9-10-20(22)31-25-27-14-19(26)24(32-25)30-21-7-5-6-8-23(21)37(34,35)17(3)4/h5-10,13-17,28H,11-12H2,1-4H3,(H2,27,30,31,32). The van der Waals surface area contributed by atoms with Gasteiger partial charge in [-0.15, -0.1) is 0 Å². The quantitative estimate of drug-likeness (QED) is 0.344. The summed E-state index contributed by atoms with van der Waals surface area (Å²) in [6.07, 6.45) is 3.13. The van der Waals surface area contributed by atoms with E-state index in [1.165, 1.54) is 6.20 Å². The van der Waals surface area contributed by atoms with Gasteiger partial charge >= 0.3 is 0 Å². The Morgan fingerprint density at radius 1 is 1.08 bits per heavy atom. The van der Waals surface area contributed by atoms with Crippen LogP contribution < -0.4 is 25.7 Å². The van der Waals surface area contributed by atoms with E-state index in [-0.39, 0.29) is 27.8 Å². The number of sulfone groups is 1. The van der Waals surface area contributed by atoms with Crippen LogP contribution in [-0.2, 0) is 9.84 Å². The van der Waals surface area contributed by atoms with E-state index in [0.717, 1.165) is 18.8 Å². The van der Waals surface area contributed by atoms with Crippen molar-refractivity contribution in [3.05, 3.63) is 53.7 Å².